The molecule has 108 valence electrons. The van der Waals surface area contributed by atoms with Crippen LogP contribution >= 0.6 is 12.4 Å². The van der Waals surface area contributed by atoms with Gasteiger partial charge in [-0.2, -0.15) is 0 Å². The molecule has 0 amide bonds. The number of nitrogens with zero attached hydrogens (tertiary/aromatic N) is 5. The van der Waals surface area contributed by atoms with Gasteiger partial charge in [0.15, 0.2) is 0 Å². The fourth-order valence-electron chi connectivity index (χ4n) is 3.05. The summed E-state index contributed by atoms with van der Waals surface area (Å²) >= 11 is 0. The largest absolute Gasteiger partial charge is 0.341 e. The molecule has 0 unspecified atom stereocenters. The summed E-state index contributed by atoms with van der Waals surface area (Å²) in [5.41, 5.74) is 0. The third-order valence-electron chi connectivity index (χ3n) is 4.11. The van der Waals surface area contributed by atoms with Gasteiger partial charge >= 0.3 is 0 Å². The molecule has 0 radical (unpaired) electrons. The molecule has 2 fully saturated rings. The molecule has 0 N–H and O–H groups in total. The van der Waals surface area contributed by atoms with Crippen molar-refractivity contribution >= 4 is 24.3 Å². The highest BCUT2D eigenvalue weighted by Crippen LogP contribution is 2.23. The summed E-state index contributed by atoms with van der Waals surface area (Å²) in [4.78, 5) is 4.76. The normalized spacial score (nSPS) is 20.3. The number of hydrogen-bond donors (Lipinski definition) is 0. The molecule has 6 heteroatoms. The summed E-state index contributed by atoms with van der Waals surface area (Å²) in [6.45, 7) is 4.52. The van der Waals surface area contributed by atoms with Crippen LogP contribution in [0.15, 0.2) is 0 Å². The Labute approximate surface area is 121 Å². The van der Waals surface area contributed by atoms with Gasteiger partial charge in [-0.25, -0.2) is 0 Å². The second kappa shape index (κ2) is 6.46. The molecule has 0 aliphatic carbocycles. The van der Waals surface area contributed by atoms with Crippen LogP contribution in [0.3, 0.4) is 0 Å². The van der Waals surface area contributed by atoms with E-state index in [1.54, 1.807) is 0 Å². The Morgan fingerprint density at radius 1 is 0.684 bits per heavy atom. The fourth-order valence-corrected chi connectivity index (χ4v) is 3.05. The van der Waals surface area contributed by atoms with Gasteiger partial charge < -0.3 is 9.80 Å². The first-order valence-electron chi connectivity index (χ1n) is 7.25. The molecule has 1 aromatic rings. The number of anilines is 2. The second-order valence-corrected chi connectivity index (χ2v) is 5.45. The molecule has 3 heterocycles. The van der Waals surface area contributed by atoms with Gasteiger partial charge in [-0.05, 0) is 38.5 Å². The Balaban J connectivity index is 0.00000133. The molecule has 5 nitrogen and oxygen atoms in total. The van der Waals surface area contributed by atoms with Crippen molar-refractivity contribution in [2.45, 2.75) is 38.5 Å². The van der Waals surface area contributed by atoms with E-state index >= 15 is 0 Å². The highest BCUT2D eigenvalue weighted by molar-refractivity contribution is 5.85. The number of rotatable bonds is 2. The van der Waals surface area contributed by atoms with Crippen molar-refractivity contribution in [3.05, 3.63) is 0 Å². The first-order chi connectivity index (χ1) is 8.86. The lowest BCUT2D eigenvalue weighted by Gasteiger charge is -2.29. The van der Waals surface area contributed by atoms with Crippen LogP contribution in [0.5, 0.6) is 0 Å². The number of piperidine rings is 2. The van der Waals surface area contributed by atoms with Crippen LogP contribution in [-0.2, 0) is 7.05 Å². The summed E-state index contributed by atoms with van der Waals surface area (Å²) in [5.74, 6) is 2.10. The number of halogens is 1. The quantitative estimate of drug-likeness (QED) is 0.835. The lowest BCUT2D eigenvalue weighted by molar-refractivity contribution is 0.552. The van der Waals surface area contributed by atoms with Gasteiger partial charge in [0.05, 0.1) is 0 Å². The van der Waals surface area contributed by atoms with Gasteiger partial charge in [0.25, 0.3) is 0 Å². The van der Waals surface area contributed by atoms with Gasteiger partial charge in [-0.3, -0.25) is 4.57 Å². The fraction of sp³-hybridized carbons (Fsp3) is 0.846. The summed E-state index contributed by atoms with van der Waals surface area (Å²) in [5, 5.41) is 8.82. The lowest BCUT2D eigenvalue weighted by atomic mass is 10.1. The molecule has 0 bridgehead atoms. The third-order valence-corrected chi connectivity index (χ3v) is 4.11. The zero-order valence-corrected chi connectivity index (χ0v) is 12.5. The summed E-state index contributed by atoms with van der Waals surface area (Å²) in [6, 6.07) is 0. The molecule has 1 aromatic heterocycles. The van der Waals surface area contributed by atoms with Crippen LogP contribution in [0.1, 0.15) is 38.5 Å². The molecule has 2 aliphatic rings. The Hall–Kier alpha value is -0.970. The van der Waals surface area contributed by atoms with Crippen LogP contribution in [-0.4, -0.2) is 40.9 Å². The van der Waals surface area contributed by atoms with Crippen molar-refractivity contribution < 1.29 is 0 Å². The van der Waals surface area contributed by atoms with Crippen LogP contribution < -0.4 is 9.80 Å². The molecular weight excluding hydrogens is 262 g/mol. The molecule has 0 aromatic carbocycles. The monoisotopic (exact) mass is 285 g/mol. The van der Waals surface area contributed by atoms with Gasteiger partial charge in [-0.1, -0.05) is 0 Å². The molecule has 0 atom stereocenters. The van der Waals surface area contributed by atoms with E-state index in [2.05, 4.69) is 31.6 Å². The lowest BCUT2D eigenvalue weighted by Crippen LogP contribution is -2.33. The second-order valence-electron chi connectivity index (χ2n) is 5.45. The molecule has 19 heavy (non-hydrogen) atoms. The highest BCUT2D eigenvalue weighted by atomic mass is 35.5. The van der Waals surface area contributed by atoms with E-state index in [-0.39, 0.29) is 12.4 Å². The Morgan fingerprint density at radius 2 is 1.05 bits per heavy atom. The molecule has 2 aliphatic heterocycles. The molecule has 0 saturated carbocycles. The molecule has 3 rings (SSSR count). The van der Waals surface area contributed by atoms with Crippen molar-refractivity contribution in [2.75, 3.05) is 36.0 Å². The third kappa shape index (κ3) is 2.96. The van der Waals surface area contributed by atoms with Crippen molar-refractivity contribution in [2.24, 2.45) is 7.05 Å². The van der Waals surface area contributed by atoms with E-state index < -0.39 is 0 Å². The van der Waals surface area contributed by atoms with E-state index in [1.165, 1.54) is 38.5 Å². The Morgan fingerprint density at radius 3 is 1.42 bits per heavy atom. The first-order valence-corrected chi connectivity index (χ1v) is 7.25. The smallest absolute Gasteiger partial charge is 0.228 e. The minimum Gasteiger partial charge on any atom is -0.341 e. The predicted octanol–water partition coefficient (Wildman–Crippen LogP) is 2.22. The van der Waals surface area contributed by atoms with Crippen molar-refractivity contribution in [3.63, 3.8) is 0 Å². The van der Waals surface area contributed by atoms with Crippen LogP contribution in [0.25, 0.3) is 0 Å². The average Bonchev–Trinajstić information content (AvgIpc) is 2.83. The van der Waals surface area contributed by atoms with E-state index in [9.17, 15) is 0 Å². The van der Waals surface area contributed by atoms with Crippen molar-refractivity contribution in [1.82, 2.24) is 14.8 Å². The summed E-state index contributed by atoms with van der Waals surface area (Å²) in [7, 11) is 2.11. The van der Waals surface area contributed by atoms with Gasteiger partial charge in [0.2, 0.25) is 11.9 Å². The Kier molecular flexibility index (Phi) is 4.91. The van der Waals surface area contributed by atoms with E-state index in [4.69, 9.17) is 0 Å². The Bertz CT molecular complexity index is 358. The summed E-state index contributed by atoms with van der Waals surface area (Å²) in [6.07, 6.45) is 7.84. The molecule has 0 spiro atoms. The predicted molar refractivity (Wildman–Crippen MR) is 80.4 cm³/mol. The van der Waals surface area contributed by atoms with Crippen LogP contribution in [0.4, 0.5) is 11.9 Å². The molecule has 2 saturated heterocycles. The van der Waals surface area contributed by atoms with Crippen molar-refractivity contribution in [1.29, 1.82) is 0 Å². The minimum absolute atomic E-state index is 0. The van der Waals surface area contributed by atoms with Crippen molar-refractivity contribution in [3.8, 4) is 0 Å². The SMILES string of the molecule is Cl.Cn1c(N2CCCCC2)nnc1N1CCCCC1. The zero-order valence-electron chi connectivity index (χ0n) is 11.7. The minimum atomic E-state index is 0. The van der Waals surface area contributed by atoms with E-state index in [0.717, 1.165) is 38.1 Å². The average molecular weight is 286 g/mol. The van der Waals surface area contributed by atoms with E-state index in [0.29, 0.717) is 0 Å². The topological polar surface area (TPSA) is 37.2 Å². The summed E-state index contributed by atoms with van der Waals surface area (Å²) < 4.78 is 2.18. The van der Waals surface area contributed by atoms with Crippen LogP contribution in [0.2, 0.25) is 0 Å². The van der Waals surface area contributed by atoms with Crippen LogP contribution in [0, 0.1) is 0 Å². The zero-order chi connectivity index (χ0) is 12.4. The number of aromatic nitrogens is 3. The highest BCUT2D eigenvalue weighted by Gasteiger charge is 2.21. The van der Waals surface area contributed by atoms with E-state index in [1.807, 2.05) is 0 Å². The van der Waals surface area contributed by atoms with Gasteiger partial charge in [-0.15, -0.1) is 22.6 Å². The van der Waals surface area contributed by atoms with Gasteiger partial charge in [0, 0.05) is 33.2 Å². The molecular formula is C13H24ClN5. The maximum absolute atomic E-state index is 4.41. The standard InChI is InChI=1S/C13H23N5.ClH/c1-16-12(17-8-4-2-5-9-17)14-15-13(16)18-10-6-3-7-11-18;/h2-11H2,1H3;1H. The maximum atomic E-state index is 4.41. The first kappa shape index (κ1) is 14.4. The number of hydrogen-bond acceptors (Lipinski definition) is 4. The van der Waals surface area contributed by atoms with Gasteiger partial charge in [0.1, 0.15) is 0 Å². The maximum Gasteiger partial charge on any atom is 0.228 e.